The van der Waals surface area contributed by atoms with Crippen molar-refractivity contribution in [3.05, 3.63) is 83.4 Å². The summed E-state index contributed by atoms with van der Waals surface area (Å²) in [5.41, 5.74) is 5.18. The summed E-state index contributed by atoms with van der Waals surface area (Å²) in [6, 6.07) is 17.9. The lowest BCUT2D eigenvalue weighted by Crippen LogP contribution is -2.25. The van der Waals surface area contributed by atoms with Gasteiger partial charge in [0.2, 0.25) is 0 Å². The van der Waals surface area contributed by atoms with E-state index in [9.17, 15) is 0 Å². The summed E-state index contributed by atoms with van der Waals surface area (Å²) in [6.45, 7) is 6.14. The molecule has 0 aromatic heterocycles. The molecule has 0 aliphatic heterocycles. The molecule has 2 fully saturated rings. The first kappa shape index (κ1) is 24.9. The fourth-order valence-corrected chi connectivity index (χ4v) is 6.34. The van der Waals surface area contributed by atoms with E-state index in [1.54, 1.807) is 0 Å². The lowest BCUT2D eigenvalue weighted by Gasteiger charge is -2.38. The molecule has 0 bridgehead atoms. The minimum Gasteiger partial charge on any atom is -0.103 e. The molecule has 2 aromatic rings. The van der Waals surface area contributed by atoms with Crippen molar-refractivity contribution in [3.63, 3.8) is 0 Å². The topological polar surface area (TPSA) is 0 Å². The van der Waals surface area contributed by atoms with E-state index in [2.05, 4.69) is 80.0 Å². The van der Waals surface area contributed by atoms with E-state index in [1.165, 1.54) is 94.6 Å². The summed E-state index contributed by atoms with van der Waals surface area (Å²) in [7, 11) is 0. The molecule has 2 aliphatic carbocycles. The predicted molar refractivity (Wildman–Crippen MR) is 147 cm³/mol. The third-order valence-electron chi connectivity index (χ3n) is 8.62. The van der Waals surface area contributed by atoms with Crippen molar-refractivity contribution >= 4 is 0 Å². The Kier molecular flexibility index (Phi) is 9.50. The molecule has 4 rings (SSSR count). The monoisotopic (exact) mass is 452 g/mol. The first-order chi connectivity index (χ1) is 16.7. The van der Waals surface area contributed by atoms with E-state index in [0.29, 0.717) is 0 Å². The molecule has 0 unspecified atom stereocenters. The van der Waals surface area contributed by atoms with E-state index in [0.717, 1.165) is 34.8 Å². The van der Waals surface area contributed by atoms with Crippen LogP contribution in [0, 0.1) is 29.6 Å². The molecule has 2 aliphatic rings. The maximum Gasteiger partial charge on any atom is 0.0249 e. The Labute approximate surface area is 209 Å². The van der Waals surface area contributed by atoms with E-state index in [-0.39, 0.29) is 0 Å². The van der Waals surface area contributed by atoms with Gasteiger partial charge in [0.05, 0.1) is 0 Å². The highest BCUT2D eigenvalue weighted by molar-refractivity contribution is 5.44. The average Bonchev–Trinajstić information content (AvgIpc) is 2.91. The minimum absolute atomic E-state index is 0.748. The molecule has 0 radical (unpaired) electrons. The van der Waals surface area contributed by atoms with Gasteiger partial charge in [0.25, 0.3) is 0 Å². The van der Waals surface area contributed by atoms with Gasteiger partial charge in [0.15, 0.2) is 0 Å². The number of allylic oxidation sites excluding steroid dienone is 1. The normalized spacial score (nSPS) is 24.7. The van der Waals surface area contributed by atoms with Crippen LogP contribution in [0.3, 0.4) is 0 Å². The van der Waals surface area contributed by atoms with Gasteiger partial charge in [-0.25, -0.2) is 0 Å². The van der Waals surface area contributed by atoms with Crippen LogP contribution in [0.1, 0.15) is 112 Å². The molecule has 34 heavy (non-hydrogen) atoms. The second-order valence-electron chi connectivity index (χ2n) is 10.9. The lowest BCUT2D eigenvalue weighted by molar-refractivity contribution is 0.157. The van der Waals surface area contributed by atoms with Crippen molar-refractivity contribution in [1.29, 1.82) is 0 Å². The molecule has 2 aromatic carbocycles. The van der Waals surface area contributed by atoms with Crippen LogP contribution in [0.15, 0.2) is 61.2 Å². The lowest BCUT2D eigenvalue weighted by atomic mass is 9.68. The Balaban J connectivity index is 1.24. The smallest absolute Gasteiger partial charge is 0.0249 e. The minimum atomic E-state index is 0.748. The van der Waals surface area contributed by atoms with Crippen LogP contribution >= 0.6 is 0 Å². The Morgan fingerprint density at radius 1 is 0.765 bits per heavy atom. The first-order valence-corrected chi connectivity index (χ1v) is 14.1. The molecular formula is C34H44. The molecule has 0 amide bonds. The number of unbranched alkanes of at least 4 members (excludes halogenated alkanes) is 1. The zero-order valence-electron chi connectivity index (χ0n) is 21.4. The molecule has 0 heterocycles. The van der Waals surface area contributed by atoms with Crippen LogP contribution in [0.25, 0.3) is 0 Å². The second kappa shape index (κ2) is 13.0. The Morgan fingerprint density at radius 3 is 1.88 bits per heavy atom. The van der Waals surface area contributed by atoms with Crippen molar-refractivity contribution in [2.45, 2.75) is 96.3 Å². The van der Waals surface area contributed by atoms with Crippen LogP contribution in [0.5, 0.6) is 0 Å². The molecule has 0 heteroatoms. The van der Waals surface area contributed by atoms with Crippen molar-refractivity contribution in [3.8, 4) is 11.8 Å². The summed E-state index contributed by atoms with van der Waals surface area (Å²) in [5, 5.41) is 0. The largest absolute Gasteiger partial charge is 0.103 e. The number of benzene rings is 2. The number of aryl methyl sites for hydroxylation is 1. The van der Waals surface area contributed by atoms with E-state index < -0.39 is 0 Å². The van der Waals surface area contributed by atoms with Crippen LogP contribution in [-0.2, 0) is 6.42 Å². The Hall–Kier alpha value is -2.26. The van der Waals surface area contributed by atoms with Crippen molar-refractivity contribution in [2.24, 2.45) is 17.8 Å². The number of hydrogen-bond donors (Lipinski definition) is 0. The van der Waals surface area contributed by atoms with Gasteiger partial charge in [-0.1, -0.05) is 68.4 Å². The standard InChI is InChI=1S/C34H44/c1-3-5-7-27-9-11-29(12-10-27)13-14-30-17-21-32(22-18-30)34-25-23-33(24-26-34)31-19-15-28(16-20-31)8-6-4-2/h4,9-12,17-18,21-22,28,31,33-34H,2-3,5-8,15-16,19-20,23-26H2,1H3. The zero-order chi connectivity index (χ0) is 23.6. The van der Waals surface area contributed by atoms with Crippen LogP contribution in [0.4, 0.5) is 0 Å². The fraction of sp³-hybridized carbons (Fsp3) is 0.529. The van der Waals surface area contributed by atoms with E-state index in [4.69, 9.17) is 0 Å². The number of hydrogen-bond acceptors (Lipinski definition) is 0. The molecule has 0 atom stereocenters. The van der Waals surface area contributed by atoms with Crippen LogP contribution in [0.2, 0.25) is 0 Å². The van der Waals surface area contributed by atoms with Crippen LogP contribution < -0.4 is 0 Å². The van der Waals surface area contributed by atoms with Crippen LogP contribution in [-0.4, -0.2) is 0 Å². The molecule has 180 valence electrons. The first-order valence-electron chi connectivity index (χ1n) is 14.1. The fourth-order valence-electron chi connectivity index (χ4n) is 6.34. The molecule has 2 saturated carbocycles. The van der Waals surface area contributed by atoms with E-state index in [1.807, 2.05) is 0 Å². The van der Waals surface area contributed by atoms with Gasteiger partial charge in [0, 0.05) is 11.1 Å². The molecule has 0 N–H and O–H groups in total. The average molecular weight is 453 g/mol. The van der Waals surface area contributed by atoms with Gasteiger partial charge in [-0.05, 0) is 123 Å². The van der Waals surface area contributed by atoms with Gasteiger partial charge >= 0.3 is 0 Å². The SMILES string of the molecule is C=CCCC1CCC(C2CCC(c3ccc(C#Cc4ccc(CCCC)cc4)cc3)CC2)CC1. The maximum absolute atomic E-state index is 3.90. The van der Waals surface area contributed by atoms with Crippen molar-refractivity contribution < 1.29 is 0 Å². The summed E-state index contributed by atoms with van der Waals surface area (Å²) >= 11 is 0. The summed E-state index contributed by atoms with van der Waals surface area (Å²) < 4.78 is 0. The van der Waals surface area contributed by atoms with Crippen molar-refractivity contribution in [1.82, 2.24) is 0 Å². The van der Waals surface area contributed by atoms with Gasteiger partial charge in [0.1, 0.15) is 0 Å². The van der Waals surface area contributed by atoms with Gasteiger partial charge in [-0.2, -0.15) is 0 Å². The highest BCUT2D eigenvalue weighted by Crippen LogP contribution is 2.44. The summed E-state index contributed by atoms with van der Waals surface area (Å²) in [5.74, 6) is 10.4. The summed E-state index contributed by atoms with van der Waals surface area (Å²) in [4.78, 5) is 0. The third kappa shape index (κ3) is 7.12. The molecular weight excluding hydrogens is 408 g/mol. The molecule has 0 nitrogen and oxygen atoms in total. The predicted octanol–water partition coefficient (Wildman–Crippen LogP) is 9.48. The zero-order valence-corrected chi connectivity index (χ0v) is 21.4. The van der Waals surface area contributed by atoms with E-state index >= 15 is 0 Å². The number of rotatable bonds is 8. The van der Waals surface area contributed by atoms with Gasteiger partial charge in [-0.3, -0.25) is 0 Å². The Morgan fingerprint density at radius 2 is 1.32 bits per heavy atom. The highest BCUT2D eigenvalue weighted by atomic mass is 14.4. The summed E-state index contributed by atoms with van der Waals surface area (Å²) in [6.07, 6.45) is 19.8. The van der Waals surface area contributed by atoms with Crippen molar-refractivity contribution in [2.75, 3.05) is 0 Å². The molecule has 0 spiro atoms. The third-order valence-corrected chi connectivity index (χ3v) is 8.62. The Bertz CT molecular complexity index is 920. The quantitative estimate of drug-likeness (QED) is 0.276. The second-order valence-corrected chi connectivity index (χ2v) is 10.9. The maximum atomic E-state index is 3.90. The van der Waals surface area contributed by atoms with Gasteiger partial charge < -0.3 is 0 Å². The molecule has 0 saturated heterocycles. The van der Waals surface area contributed by atoms with Gasteiger partial charge in [-0.15, -0.1) is 6.58 Å². The highest BCUT2D eigenvalue weighted by Gasteiger charge is 2.31.